The van der Waals surface area contributed by atoms with E-state index in [4.69, 9.17) is 15.0 Å². The highest BCUT2D eigenvalue weighted by molar-refractivity contribution is 6.12. The van der Waals surface area contributed by atoms with Crippen molar-refractivity contribution in [1.29, 1.82) is 0 Å². The van der Waals surface area contributed by atoms with Crippen LogP contribution >= 0.6 is 0 Å². The van der Waals surface area contributed by atoms with Gasteiger partial charge in [0.25, 0.3) is 0 Å². The number of allylic oxidation sites excluding steroid dienone is 1. The molecule has 0 fully saturated rings. The van der Waals surface area contributed by atoms with Crippen LogP contribution in [0.4, 0.5) is 0 Å². The third kappa shape index (κ3) is 4.80. The van der Waals surface area contributed by atoms with Crippen molar-refractivity contribution >= 4 is 44.4 Å². The normalized spacial score (nSPS) is 13.6. The van der Waals surface area contributed by atoms with Crippen molar-refractivity contribution in [2.75, 3.05) is 0 Å². The first-order chi connectivity index (χ1) is 26.6. The van der Waals surface area contributed by atoms with Gasteiger partial charge in [0.2, 0.25) is 0 Å². The van der Waals surface area contributed by atoms with Crippen LogP contribution in [0.1, 0.15) is 45.6 Å². The van der Waals surface area contributed by atoms with Crippen molar-refractivity contribution in [2.45, 2.75) is 39.5 Å². The predicted octanol–water partition coefficient (Wildman–Crippen LogP) is 10.8. The molecule has 9 aromatic rings. The molecule has 11 rings (SSSR count). The van der Waals surface area contributed by atoms with Crippen molar-refractivity contribution in [3.63, 3.8) is 0 Å². The SMILES string of the molecule is Cc1ccnc(-n2c3c(c4cc5c(cc42)-c2cc4c(cc2CC5)c2cc(-c5ccccn5)ccc2n4-c2cc(C)ccn2)C=C(c2ccccn2)CC3)c1. The fraction of sp³-hybridized carbons (Fsp3) is 0.125. The van der Waals surface area contributed by atoms with Crippen LogP contribution in [0.15, 0.2) is 128 Å². The average Bonchev–Trinajstić information content (AvgIpc) is 3.70. The summed E-state index contributed by atoms with van der Waals surface area (Å²) in [5.74, 6) is 1.89. The molecule has 2 aliphatic carbocycles. The van der Waals surface area contributed by atoms with Crippen molar-refractivity contribution in [3.8, 4) is 34.0 Å². The maximum Gasteiger partial charge on any atom is 0.137 e. The molecule has 0 radical (unpaired) electrons. The van der Waals surface area contributed by atoms with Gasteiger partial charge in [0.1, 0.15) is 11.6 Å². The minimum Gasteiger partial charge on any atom is -0.298 e. The number of aromatic nitrogens is 6. The summed E-state index contributed by atoms with van der Waals surface area (Å²) >= 11 is 0. The number of fused-ring (bicyclic) bond motifs is 9. The van der Waals surface area contributed by atoms with Crippen LogP contribution in [0.25, 0.3) is 78.4 Å². The molecule has 0 amide bonds. The molecule has 6 heteroatoms. The van der Waals surface area contributed by atoms with Crippen LogP contribution in [-0.2, 0) is 19.3 Å². The molecule has 6 heterocycles. The first-order valence-electron chi connectivity index (χ1n) is 18.8. The molecule has 6 nitrogen and oxygen atoms in total. The molecule has 0 spiro atoms. The van der Waals surface area contributed by atoms with E-state index in [9.17, 15) is 0 Å². The third-order valence-corrected chi connectivity index (χ3v) is 11.4. The summed E-state index contributed by atoms with van der Waals surface area (Å²) < 4.78 is 4.76. The third-order valence-electron chi connectivity index (χ3n) is 11.4. The molecule has 0 unspecified atom stereocenters. The van der Waals surface area contributed by atoms with E-state index >= 15 is 0 Å². The molecule has 258 valence electrons. The van der Waals surface area contributed by atoms with E-state index in [2.05, 4.69) is 125 Å². The number of hydrogen-bond donors (Lipinski definition) is 0. The van der Waals surface area contributed by atoms with Gasteiger partial charge in [-0.05, 0) is 169 Å². The molecule has 0 bridgehead atoms. The van der Waals surface area contributed by atoms with Crippen molar-refractivity contribution in [2.24, 2.45) is 0 Å². The minimum absolute atomic E-state index is 0.925. The van der Waals surface area contributed by atoms with Gasteiger partial charge in [-0.2, -0.15) is 0 Å². The molecule has 0 saturated heterocycles. The van der Waals surface area contributed by atoms with Gasteiger partial charge in [0, 0.05) is 57.8 Å². The molecule has 2 aliphatic rings. The van der Waals surface area contributed by atoms with Gasteiger partial charge >= 0.3 is 0 Å². The number of hydrogen-bond acceptors (Lipinski definition) is 4. The topological polar surface area (TPSA) is 61.4 Å². The monoisotopic (exact) mass is 696 g/mol. The largest absolute Gasteiger partial charge is 0.298 e. The van der Waals surface area contributed by atoms with Gasteiger partial charge in [-0.3, -0.25) is 19.1 Å². The summed E-state index contributed by atoms with van der Waals surface area (Å²) in [6.45, 7) is 4.28. The van der Waals surface area contributed by atoms with Crippen LogP contribution in [0.3, 0.4) is 0 Å². The highest BCUT2D eigenvalue weighted by Crippen LogP contribution is 2.45. The minimum atomic E-state index is 0.925. The quantitative estimate of drug-likeness (QED) is 0.184. The van der Waals surface area contributed by atoms with E-state index in [-0.39, 0.29) is 0 Å². The zero-order valence-corrected chi connectivity index (χ0v) is 30.2. The second-order valence-electron chi connectivity index (χ2n) is 14.8. The van der Waals surface area contributed by atoms with Gasteiger partial charge in [0.15, 0.2) is 0 Å². The summed E-state index contributed by atoms with van der Waals surface area (Å²) in [5.41, 5.74) is 18.3. The second kappa shape index (κ2) is 11.9. The Balaban J connectivity index is 1.17. The zero-order valence-electron chi connectivity index (χ0n) is 30.2. The molecular weight excluding hydrogens is 661 g/mol. The molecular formula is C48H36N6. The number of aryl methyl sites for hydroxylation is 4. The van der Waals surface area contributed by atoms with Crippen molar-refractivity contribution in [1.82, 2.24) is 29.1 Å². The molecule has 0 aliphatic heterocycles. The standard InChI is InChI=1S/C48H36N6/c1-29-15-19-51-47(21-29)53-43-13-11-33(41-7-3-5-17-49-41)25-37(43)39-23-31-9-10-32-24-40-38-26-34(42-8-4-6-18-50-42)12-14-44(38)54(48-22-30(2)16-20-52-48)46(40)28-36(32)35(31)27-45(39)53/h3-8,11,13,15-28H,9-10,12,14H2,1-2H3. The summed E-state index contributed by atoms with van der Waals surface area (Å²) in [6.07, 6.45) is 13.8. The van der Waals surface area contributed by atoms with E-state index < -0.39 is 0 Å². The lowest BCUT2D eigenvalue weighted by atomic mass is 9.83. The van der Waals surface area contributed by atoms with Crippen LogP contribution in [0.2, 0.25) is 0 Å². The van der Waals surface area contributed by atoms with Crippen LogP contribution in [0.5, 0.6) is 0 Å². The van der Waals surface area contributed by atoms with E-state index in [1.165, 1.54) is 71.9 Å². The van der Waals surface area contributed by atoms with E-state index in [1.807, 2.05) is 36.9 Å². The Morgan fingerprint density at radius 2 is 1.11 bits per heavy atom. The molecule has 54 heavy (non-hydrogen) atoms. The number of nitrogens with zero attached hydrogens (tertiary/aromatic N) is 6. The van der Waals surface area contributed by atoms with Gasteiger partial charge < -0.3 is 0 Å². The smallest absolute Gasteiger partial charge is 0.137 e. The summed E-state index contributed by atoms with van der Waals surface area (Å²) in [5, 5.41) is 3.73. The Labute approximate surface area is 313 Å². The first kappa shape index (κ1) is 30.9. The van der Waals surface area contributed by atoms with Gasteiger partial charge in [-0.1, -0.05) is 18.2 Å². The highest BCUT2D eigenvalue weighted by Gasteiger charge is 2.27. The van der Waals surface area contributed by atoms with E-state index in [0.717, 1.165) is 65.3 Å². The zero-order chi connectivity index (χ0) is 35.9. The molecule has 0 N–H and O–H groups in total. The summed E-state index contributed by atoms with van der Waals surface area (Å²) in [7, 11) is 0. The number of benzene rings is 3. The van der Waals surface area contributed by atoms with Gasteiger partial charge in [0.05, 0.1) is 27.9 Å². The Bertz CT molecular complexity index is 3000. The molecule has 0 saturated carbocycles. The summed E-state index contributed by atoms with van der Waals surface area (Å²) in [6, 6.07) is 37.3. The Kier molecular flexibility index (Phi) is 6.83. The molecule has 6 aromatic heterocycles. The molecule has 0 atom stereocenters. The maximum absolute atomic E-state index is 4.94. The van der Waals surface area contributed by atoms with Crippen LogP contribution in [-0.4, -0.2) is 29.1 Å². The lowest BCUT2D eigenvalue weighted by Crippen LogP contribution is -2.07. The number of pyridine rings is 4. The van der Waals surface area contributed by atoms with Gasteiger partial charge in [-0.25, -0.2) is 9.97 Å². The Morgan fingerprint density at radius 3 is 1.78 bits per heavy atom. The highest BCUT2D eigenvalue weighted by atomic mass is 15.1. The van der Waals surface area contributed by atoms with Crippen molar-refractivity contribution in [3.05, 3.63) is 167 Å². The van der Waals surface area contributed by atoms with E-state index in [0.29, 0.717) is 0 Å². The first-order valence-corrected chi connectivity index (χ1v) is 18.8. The van der Waals surface area contributed by atoms with Crippen LogP contribution < -0.4 is 0 Å². The lowest BCUT2D eigenvalue weighted by Gasteiger charge is -2.21. The predicted molar refractivity (Wildman–Crippen MR) is 219 cm³/mol. The fourth-order valence-electron chi connectivity index (χ4n) is 8.90. The van der Waals surface area contributed by atoms with Crippen LogP contribution in [0, 0.1) is 13.8 Å². The van der Waals surface area contributed by atoms with Gasteiger partial charge in [-0.15, -0.1) is 0 Å². The fourth-order valence-corrected chi connectivity index (χ4v) is 8.90. The Hall–Kier alpha value is -6.66. The summed E-state index contributed by atoms with van der Waals surface area (Å²) in [4.78, 5) is 19.2. The van der Waals surface area contributed by atoms with Crippen molar-refractivity contribution < 1.29 is 0 Å². The second-order valence-corrected chi connectivity index (χ2v) is 14.8. The molecule has 3 aromatic carbocycles. The van der Waals surface area contributed by atoms with E-state index in [1.54, 1.807) is 0 Å². The lowest BCUT2D eigenvalue weighted by molar-refractivity contribution is 0.875. The maximum atomic E-state index is 4.94. The Morgan fingerprint density at radius 1 is 0.481 bits per heavy atom. The average molecular weight is 697 g/mol. The number of rotatable bonds is 4.